The van der Waals surface area contributed by atoms with Crippen LogP contribution in [0.4, 0.5) is 4.79 Å². The SMILES string of the molecule is Cc1ccc(CN2C(=O)OCC23CCCNCC3)cc1. The predicted molar refractivity (Wildman–Crippen MR) is 77.5 cm³/mol. The maximum absolute atomic E-state index is 12.1. The first-order chi connectivity index (χ1) is 9.70. The summed E-state index contributed by atoms with van der Waals surface area (Å²) in [5.41, 5.74) is 2.31. The summed E-state index contributed by atoms with van der Waals surface area (Å²) < 4.78 is 5.37. The molecule has 1 aromatic carbocycles. The van der Waals surface area contributed by atoms with Crippen LogP contribution < -0.4 is 5.32 Å². The molecule has 0 aliphatic carbocycles. The Hall–Kier alpha value is -1.55. The van der Waals surface area contributed by atoms with Crippen LogP contribution in [0.5, 0.6) is 0 Å². The Morgan fingerprint density at radius 3 is 2.85 bits per heavy atom. The zero-order valence-electron chi connectivity index (χ0n) is 12.0. The van der Waals surface area contributed by atoms with E-state index in [2.05, 4.69) is 36.5 Å². The first kappa shape index (κ1) is 13.4. The molecule has 1 amide bonds. The van der Waals surface area contributed by atoms with E-state index < -0.39 is 0 Å². The van der Waals surface area contributed by atoms with Crippen molar-refractivity contribution in [3.05, 3.63) is 35.4 Å². The first-order valence-corrected chi connectivity index (χ1v) is 7.40. The molecule has 1 unspecified atom stereocenters. The molecule has 2 aliphatic heterocycles. The molecule has 4 heteroatoms. The molecule has 2 saturated heterocycles. The molecule has 2 heterocycles. The molecule has 1 atom stereocenters. The monoisotopic (exact) mass is 274 g/mol. The van der Waals surface area contributed by atoms with Gasteiger partial charge in [-0.2, -0.15) is 0 Å². The van der Waals surface area contributed by atoms with Gasteiger partial charge in [-0.25, -0.2) is 4.79 Å². The number of carbonyl (C=O) groups is 1. The van der Waals surface area contributed by atoms with Gasteiger partial charge in [-0.1, -0.05) is 29.8 Å². The van der Waals surface area contributed by atoms with Crippen molar-refractivity contribution in [2.75, 3.05) is 19.7 Å². The van der Waals surface area contributed by atoms with Crippen molar-refractivity contribution in [1.29, 1.82) is 0 Å². The minimum absolute atomic E-state index is 0.106. The molecule has 0 saturated carbocycles. The molecule has 1 spiro atoms. The highest BCUT2D eigenvalue weighted by Gasteiger charge is 2.46. The summed E-state index contributed by atoms with van der Waals surface area (Å²) in [5, 5.41) is 3.41. The third-order valence-electron chi connectivity index (χ3n) is 4.48. The second kappa shape index (κ2) is 5.44. The smallest absolute Gasteiger partial charge is 0.410 e. The normalized spacial score (nSPS) is 26.6. The molecular formula is C16H22N2O2. The van der Waals surface area contributed by atoms with Crippen molar-refractivity contribution >= 4 is 6.09 Å². The highest BCUT2D eigenvalue weighted by atomic mass is 16.6. The molecule has 20 heavy (non-hydrogen) atoms. The molecule has 2 fully saturated rings. The molecule has 0 aromatic heterocycles. The van der Waals surface area contributed by atoms with E-state index in [1.54, 1.807) is 0 Å². The van der Waals surface area contributed by atoms with E-state index in [-0.39, 0.29) is 11.6 Å². The van der Waals surface area contributed by atoms with Crippen LogP contribution in [-0.4, -0.2) is 36.2 Å². The van der Waals surface area contributed by atoms with E-state index in [0.29, 0.717) is 13.2 Å². The molecular weight excluding hydrogens is 252 g/mol. The first-order valence-electron chi connectivity index (χ1n) is 7.40. The molecule has 4 nitrogen and oxygen atoms in total. The van der Waals surface area contributed by atoms with Crippen molar-refractivity contribution in [2.24, 2.45) is 0 Å². The average Bonchev–Trinajstić information content (AvgIpc) is 2.65. The van der Waals surface area contributed by atoms with Crippen LogP contribution in [0, 0.1) is 6.92 Å². The van der Waals surface area contributed by atoms with Gasteiger partial charge in [0.1, 0.15) is 6.61 Å². The maximum atomic E-state index is 12.1. The molecule has 108 valence electrons. The van der Waals surface area contributed by atoms with Gasteiger partial charge in [0.15, 0.2) is 0 Å². The van der Waals surface area contributed by atoms with Gasteiger partial charge in [0.05, 0.1) is 5.54 Å². The van der Waals surface area contributed by atoms with Gasteiger partial charge >= 0.3 is 6.09 Å². The van der Waals surface area contributed by atoms with Crippen LogP contribution in [-0.2, 0) is 11.3 Å². The molecule has 0 radical (unpaired) electrons. The molecule has 2 aliphatic rings. The number of cyclic esters (lactones) is 1. The average molecular weight is 274 g/mol. The number of rotatable bonds is 2. The number of aryl methyl sites for hydroxylation is 1. The minimum atomic E-state index is -0.160. The van der Waals surface area contributed by atoms with Gasteiger partial charge in [-0.15, -0.1) is 0 Å². The summed E-state index contributed by atoms with van der Waals surface area (Å²) in [7, 11) is 0. The Balaban J connectivity index is 1.81. The number of hydrogen-bond donors (Lipinski definition) is 1. The summed E-state index contributed by atoms with van der Waals surface area (Å²) in [6.07, 6.45) is 2.94. The fourth-order valence-electron chi connectivity index (χ4n) is 3.18. The van der Waals surface area contributed by atoms with Crippen LogP contribution in [0.1, 0.15) is 30.4 Å². The zero-order valence-corrected chi connectivity index (χ0v) is 12.0. The Labute approximate surface area is 120 Å². The zero-order chi connectivity index (χ0) is 14.0. The summed E-state index contributed by atoms with van der Waals surface area (Å²) in [5.74, 6) is 0. The summed E-state index contributed by atoms with van der Waals surface area (Å²) in [4.78, 5) is 14.1. The van der Waals surface area contributed by atoms with Crippen LogP contribution in [0.3, 0.4) is 0 Å². The quantitative estimate of drug-likeness (QED) is 0.900. The van der Waals surface area contributed by atoms with Gasteiger partial charge in [0.25, 0.3) is 0 Å². The number of nitrogens with zero attached hydrogens (tertiary/aromatic N) is 1. The van der Waals surface area contributed by atoms with Crippen LogP contribution in [0.15, 0.2) is 24.3 Å². The Bertz CT molecular complexity index is 476. The minimum Gasteiger partial charge on any atom is -0.447 e. The van der Waals surface area contributed by atoms with Crippen molar-refractivity contribution < 1.29 is 9.53 Å². The Morgan fingerprint density at radius 1 is 1.25 bits per heavy atom. The lowest BCUT2D eigenvalue weighted by Crippen LogP contribution is -2.47. The number of ether oxygens (including phenoxy) is 1. The molecule has 0 bridgehead atoms. The number of carbonyl (C=O) groups excluding carboxylic acids is 1. The van der Waals surface area contributed by atoms with E-state index >= 15 is 0 Å². The third-order valence-corrected chi connectivity index (χ3v) is 4.48. The van der Waals surface area contributed by atoms with Gasteiger partial charge in [-0.3, -0.25) is 4.90 Å². The molecule has 1 N–H and O–H groups in total. The number of hydrogen-bond acceptors (Lipinski definition) is 3. The fourth-order valence-corrected chi connectivity index (χ4v) is 3.18. The summed E-state index contributed by atoms with van der Waals surface area (Å²) in [6.45, 7) is 5.26. The predicted octanol–water partition coefficient (Wildman–Crippen LogP) is 2.46. The van der Waals surface area contributed by atoms with Crippen molar-refractivity contribution in [3.8, 4) is 0 Å². The van der Waals surface area contributed by atoms with Gasteiger partial charge in [-0.05, 0) is 44.8 Å². The number of benzene rings is 1. The van der Waals surface area contributed by atoms with Crippen LogP contribution >= 0.6 is 0 Å². The third kappa shape index (κ3) is 2.52. The van der Waals surface area contributed by atoms with Gasteiger partial charge in [0.2, 0.25) is 0 Å². The van der Waals surface area contributed by atoms with Gasteiger partial charge < -0.3 is 10.1 Å². The second-order valence-corrected chi connectivity index (χ2v) is 5.95. The topological polar surface area (TPSA) is 41.6 Å². The number of nitrogens with one attached hydrogen (secondary N) is 1. The summed E-state index contributed by atoms with van der Waals surface area (Å²) in [6, 6.07) is 8.39. The number of amides is 1. The largest absolute Gasteiger partial charge is 0.447 e. The highest BCUT2D eigenvalue weighted by Crippen LogP contribution is 2.34. The van der Waals surface area contributed by atoms with Gasteiger partial charge in [0, 0.05) is 6.54 Å². The van der Waals surface area contributed by atoms with Crippen LogP contribution in [0.25, 0.3) is 0 Å². The Kier molecular flexibility index (Phi) is 3.66. The summed E-state index contributed by atoms with van der Waals surface area (Å²) >= 11 is 0. The molecule has 1 aromatic rings. The van der Waals surface area contributed by atoms with Crippen molar-refractivity contribution in [1.82, 2.24) is 10.2 Å². The Morgan fingerprint density at radius 2 is 2.05 bits per heavy atom. The van der Waals surface area contributed by atoms with E-state index in [1.807, 2.05) is 4.90 Å². The van der Waals surface area contributed by atoms with E-state index in [0.717, 1.165) is 32.4 Å². The van der Waals surface area contributed by atoms with Crippen LogP contribution in [0.2, 0.25) is 0 Å². The lowest BCUT2D eigenvalue weighted by atomic mass is 9.90. The standard InChI is InChI=1S/C16H22N2O2/c1-13-3-5-14(6-4-13)11-18-15(19)20-12-16(18)7-2-9-17-10-8-16/h3-6,17H,2,7-12H2,1H3. The fraction of sp³-hybridized carbons (Fsp3) is 0.562. The van der Waals surface area contributed by atoms with E-state index in [1.165, 1.54) is 11.1 Å². The molecule has 3 rings (SSSR count). The van der Waals surface area contributed by atoms with Crippen molar-refractivity contribution in [2.45, 2.75) is 38.3 Å². The van der Waals surface area contributed by atoms with E-state index in [9.17, 15) is 4.79 Å². The second-order valence-electron chi connectivity index (χ2n) is 5.95. The lowest BCUT2D eigenvalue weighted by Gasteiger charge is -2.34. The van der Waals surface area contributed by atoms with E-state index in [4.69, 9.17) is 4.74 Å². The highest BCUT2D eigenvalue weighted by molar-refractivity contribution is 5.71. The van der Waals surface area contributed by atoms with Crippen molar-refractivity contribution in [3.63, 3.8) is 0 Å². The lowest BCUT2D eigenvalue weighted by molar-refractivity contribution is 0.137. The maximum Gasteiger partial charge on any atom is 0.410 e.